The predicted molar refractivity (Wildman–Crippen MR) is 118 cm³/mol. The summed E-state index contributed by atoms with van der Waals surface area (Å²) in [5.74, 6) is 3.20. The van der Waals surface area contributed by atoms with Gasteiger partial charge in [0.1, 0.15) is 17.8 Å². The van der Waals surface area contributed by atoms with Crippen LogP contribution in [0.1, 0.15) is 38.1 Å². The van der Waals surface area contributed by atoms with Gasteiger partial charge in [-0.3, -0.25) is 4.79 Å². The van der Waals surface area contributed by atoms with Crippen molar-refractivity contribution in [3.05, 3.63) is 42.0 Å². The summed E-state index contributed by atoms with van der Waals surface area (Å²) in [6, 6.07) is 11.2. The van der Waals surface area contributed by atoms with Crippen LogP contribution in [0.5, 0.6) is 17.2 Å². The molecule has 154 valence electrons. The first-order valence-corrected chi connectivity index (χ1v) is 11.0. The van der Waals surface area contributed by atoms with E-state index in [-0.39, 0.29) is 5.04 Å². The molecule has 0 aliphatic rings. The Balaban J connectivity index is 1.94. The maximum Gasteiger partial charge on any atom is 0.225 e. The van der Waals surface area contributed by atoms with Crippen molar-refractivity contribution in [1.82, 2.24) is 0 Å². The Bertz CT molecular complexity index is 1020. The highest BCUT2D eigenvalue weighted by Gasteiger charge is 2.25. The van der Waals surface area contributed by atoms with Gasteiger partial charge in [0.15, 0.2) is 17.1 Å². The first-order valence-electron chi connectivity index (χ1n) is 9.67. The molecular formula is C23H28O5Si. The summed E-state index contributed by atoms with van der Waals surface area (Å²) in [6.45, 7) is 8.95. The quantitative estimate of drug-likeness (QED) is 0.374. The molecular weight excluding hydrogens is 384 g/mol. The van der Waals surface area contributed by atoms with Crippen molar-refractivity contribution in [1.29, 1.82) is 0 Å². The highest BCUT2D eigenvalue weighted by molar-refractivity contribution is 6.33. The normalized spacial score (nSPS) is 12.1. The van der Waals surface area contributed by atoms with Crippen molar-refractivity contribution < 1.29 is 23.1 Å². The number of carbonyl (C=O) groups is 1. The first-order chi connectivity index (χ1) is 13.8. The molecule has 1 aromatic heterocycles. The van der Waals surface area contributed by atoms with Crippen LogP contribution in [0, 0.1) is 5.92 Å². The van der Waals surface area contributed by atoms with Gasteiger partial charge in [0, 0.05) is 16.5 Å². The molecule has 0 amide bonds. The number of hydrogen-bond donors (Lipinski definition) is 0. The average Bonchev–Trinajstić information content (AvgIpc) is 3.15. The van der Waals surface area contributed by atoms with Crippen LogP contribution in [0.2, 0.25) is 5.04 Å². The fourth-order valence-electron chi connectivity index (χ4n) is 2.88. The van der Waals surface area contributed by atoms with E-state index >= 15 is 0 Å². The van der Waals surface area contributed by atoms with E-state index in [4.69, 9.17) is 18.3 Å². The van der Waals surface area contributed by atoms with Crippen LogP contribution < -0.4 is 13.9 Å². The number of benzene rings is 2. The van der Waals surface area contributed by atoms with Crippen molar-refractivity contribution >= 4 is 27.0 Å². The Kier molecular flexibility index (Phi) is 6.03. The maximum atomic E-state index is 11.2. The molecule has 0 aliphatic heterocycles. The molecule has 0 aliphatic carbocycles. The average molecular weight is 413 g/mol. The summed E-state index contributed by atoms with van der Waals surface area (Å²) in [6.07, 6.45) is 0.798. The molecule has 0 fully saturated rings. The third-order valence-corrected chi connectivity index (χ3v) is 7.59. The molecule has 3 aromatic rings. The minimum absolute atomic E-state index is 0.190. The topological polar surface area (TPSA) is 57.9 Å². The third kappa shape index (κ3) is 4.32. The molecule has 6 heteroatoms. The molecule has 0 N–H and O–H groups in total. The van der Waals surface area contributed by atoms with Crippen LogP contribution in [0.25, 0.3) is 22.3 Å². The summed E-state index contributed by atoms with van der Waals surface area (Å²) < 4.78 is 23.2. The standard InChI is InChI=1S/C23H28O5Si/c1-14(2)23(3,4)29-28-18-8-7-16(11-20(18)25-5)19-12-17-9-15(13-24)10-21(26-6)22(17)27-19/h7-14H,29H2,1-6H3. The van der Waals surface area contributed by atoms with Crippen molar-refractivity contribution in [3.8, 4) is 28.6 Å². The zero-order valence-corrected chi connectivity index (χ0v) is 19.3. The van der Waals surface area contributed by atoms with E-state index in [1.165, 1.54) is 0 Å². The molecule has 29 heavy (non-hydrogen) atoms. The van der Waals surface area contributed by atoms with Crippen molar-refractivity contribution in [3.63, 3.8) is 0 Å². The number of furan rings is 1. The number of ether oxygens (including phenoxy) is 2. The number of carbonyl (C=O) groups excluding carboxylic acids is 1. The minimum atomic E-state index is -0.801. The van der Waals surface area contributed by atoms with E-state index in [1.54, 1.807) is 26.4 Å². The van der Waals surface area contributed by atoms with E-state index < -0.39 is 9.76 Å². The molecule has 0 bridgehead atoms. The lowest BCUT2D eigenvalue weighted by molar-refractivity contribution is 0.112. The van der Waals surface area contributed by atoms with Crippen LogP contribution in [0.4, 0.5) is 0 Å². The number of rotatable bonds is 8. The summed E-state index contributed by atoms with van der Waals surface area (Å²) in [7, 11) is 2.40. The lowest BCUT2D eigenvalue weighted by atomic mass is 9.99. The Hall–Kier alpha value is -2.73. The number of hydrogen-bond acceptors (Lipinski definition) is 5. The summed E-state index contributed by atoms with van der Waals surface area (Å²) in [4.78, 5) is 11.2. The first kappa shape index (κ1) is 21.0. The molecule has 0 radical (unpaired) electrons. The monoisotopic (exact) mass is 412 g/mol. The van der Waals surface area contributed by atoms with Crippen molar-refractivity contribution in [2.75, 3.05) is 14.2 Å². The number of methoxy groups -OCH3 is 2. The molecule has 2 aromatic carbocycles. The highest BCUT2D eigenvalue weighted by Crippen LogP contribution is 2.39. The van der Waals surface area contributed by atoms with Crippen molar-refractivity contribution in [2.45, 2.75) is 32.7 Å². The van der Waals surface area contributed by atoms with Gasteiger partial charge in [-0.05, 0) is 47.4 Å². The SMILES string of the molecule is COc1cc(-c2cc3cc(C=O)cc(OC)c3o2)ccc1O[SiH2]C(C)(C)C(C)C. The zero-order valence-electron chi connectivity index (χ0n) is 17.9. The number of fused-ring (bicyclic) bond motifs is 1. The van der Waals surface area contributed by atoms with Crippen LogP contribution >= 0.6 is 0 Å². The second kappa shape index (κ2) is 8.33. The van der Waals surface area contributed by atoms with Crippen LogP contribution in [0.3, 0.4) is 0 Å². The largest absolute Gasteiger partial charge is 0.546 e. The van der Waals surface area contributed by atoms with E-state index in [2.05, 4.69) is 27.7 Å². The fourth-order valence-corrected chi connectivity index (χ4v) is 3.97. The Labute approximate surface area is 173 Å². The van der Waals surface area contributed by atoms with E-state index in [9.17, 15) is 4.79 Å². The Morgan fingerprint density at radius 3 is 2.34 bits per heavy atom. The van der Waals surface area contributed by atoms with Gasteiger partial charge in [-0.25, -0.2) is 0 Å². The highest BCUT2D eigenvalue weighted by atomic mass is 28.2. The second-order valence-electron chi connectivity index (χ2n) is 8.17. The van der Waals surface area contributed by atoms with Gasteiger partial charge in [-0.1, -0.05) is 27.7 Å². The molecule has 0 atom stereocenters. The van der Waals surface area contributed by atoms with E-state index in [1.807, 2.05) is 24.3 Å². The molecule has 0 saturated carbocycles. The lowest BCUT2D eigenvalue weighted by Gasteiger charge is -2.28. The van der Waals surface area contributed by atoms with Crippen LogP contribution in [0.15, 0.2) is 40.8 Å². The fraction of sp³-hybridized carbons (Fsp3) is 0.348. The summed E-state index contributed by atoms with van der Waals surface area (Å²) in [5.41, 5.74) is 2.02. The summed E-state index contributed by atoms with van der Waals surface area (Å²) >= 11 is 0. The molecule has 3 rings (SSSR count). The third-order valence-electron chi connectivity index (χ3n) is 5.57. The lowest BCUT2D eigenvalue weighted by Crippen LogP contribution is -2.24. The molecule has 1 heterocycles. The van der Waals surface area contributed by atoms with Gasteiger partial charge in [-0.15, -0.1) is 0 Å². The van der Waals surface area contributed by atoms with Gasteiger partial charge in [0.25, 0.3) is 0 Å². The second-order valence-corrected chi connectivity index (χ2v) is 10.6. The number of aldehydes is 1. The van der Waals surface area contributed by atoms with Gasteiger partial charge < -0.3 is 18.3 Å². The molecule has 0 saturated heterocycles. The van der Waals surface area contributed by atoms with Gasteiger partial charge in [0.05, 0.1) is 14.2 Å². The van der Waals surface area contributed by atoms with Gasteiger partial charge in [-0.2, -0.15) is 0 Å². The molecule has 0 unspecified atom stereocenters. The predicted octanol–water partition coefficient (Wildman–Crippen LogP) is 5.25. The smallest absolute Gasteiger partial charge is 0.225 e. The van der Waals surface area contributed by atoms with Gasteiger partial charge >= 0.3 is 0 Å². The Morgan fingerprint density at radius 1 is 1.00 bits per heavy atom. The van der Waals surface area contributed by atoms with Gasteiger partial charge in [0.2, 0.25) is 9.76 Å². The summed E-state index contributed by atoms with van der Waals surface area (Å²) in [5, 5.41) is 1.00. The maximum absolute atomic E-state index is 11.2. The molecule has 5 nitrogen and oxygen atoms in total. The minimum Gasteiger partial charge on any atom is -0.546 e. The Morgan fingerprint density at radius 2 is 1.72 bits per heavy atom. The van der Waals surface area contributed by atoms with E-state index in [0.717, 1.165) is 23.0 Å². The van der Waals surface area contributed by atoms with Crippen molar-refractivity contribution in [2.24, 2.45) is 5.92 Å². The zero-order chi connectivity index (χ0) is 21.2. The van der Waals surface area contributed by atoms with E-state index in [0.29, 0.717) is 34.3 Å². The molecule has 0 spiro atoms. The van der Waals surface area contributed by atoms with Crippen LogP contribution in [-0.4, -0.2) is 30.3 Å². The van der Waals surface area contributed by atoms with Crippen LogP contribution in [-0.2, 0) is 0 Å².